The van der Waals surface area contributed by atoms with Crippen LogP contribution in [0.2, 0.25) is 0 Å². The topological polar surface area (TPSA) is 171 Å². The molecule has 2 saturated carbocycles. The average Bonchev–Trinajstić information content (AvgIpc) is 3.79. The summed E-state index contributed by atoms with van der Waals surface area (Å²) < 4.78 is 15.8. The Hall–Kier alpha value is -7.19. The van der Waals surface area contributed by atoms with E-state index in [2.05, 4.69) is 128 Å². The molecule has 8 rings (SSSR count). The summed E-state index contributed by atoms with van der Waals surface area (Å²) in [5.41, 5.74) is 7.64. The molecule has 1 aliphatic heterocycles. The predicted molar refractivity (Wildman–Crippen MR) is 272 cm³/mol. The van der Waals surface area contributed by atoms with Gasteiger partial charge in [-0.05, 0) is 97.9 Å². The molecule has 2 aliphatic carbocycles. The minimum absolute atomic E-state index is 0.0691. The highest BCUT2D eigenvalue weighted by Gasteiger charge is 2.50. The molecule has 3 aromatic carbocycles. The Morgan fingerprint density at radius 1 is 0.882 bits per heavy atom. The maximum atomic E-state index is 13.3. The Balaban J connectivity index is 0.000000936. The maximum absolute atomic E-state index is 13.3. The molecular weight excluding hydrogens is 859 g/mol. The van der Waals surface area contributed by atoms with Crippen LogP contribution in [-0.4, -0.2) is 90.2 Å². The highest BCUT2D eigenvalue weighted by atomic mass is 16.5. The summed E-state index contributed by atoms with van der Waals surface area (Å²) in [5.74, 6) is 0.731. The van der Waals surface area contributed by atoms with Crippen LogP contribution in [0.15, 0.2) is 77.4 Å². The lowest BCUT2D eigenvalue weighted by Gasteiger charge is -2.34. The Bertz CT molecular complexity index is 2610. The van der Waals surface area contributed by atoms with Gasteiger partial charge in [0.25, 0.3) is 0 Å². The number of imidazole rings is 1. The number of H-pyrrole nitrogens is 1. The second-order valence-electron chi connectivity index (χ2n) is 17.4. The number of allylic oxidation sites excluding steroid dienone is 1. The van der Waals surface area contributed by atoms with Gasteiger partial charge in [0.2, 0.25) is 11.8 Å². The molecule has 3 aliphatic rings. The number of benzene rings is 3. The fourth-order valence-electron chi connectivity index (χ4n) is 8.65. The van der Waals surface area contributed by atoms with Crippen LogP contribution in [0.25, 0.3) is 49.8 Å². The van der Waals surface area contributed by atoms with E-state index in [-0.39, 0.29) is 48.9 Å². The SMILES string of the molecule is C#C.C#C.C=C(CN(CC1(C)CC1)C(=O)CNC(=O)OC)N/C(=C\C)c1ccc2c(c1)oc1cc(-c3ccc4nc([C@@H]5[C@H]6CC[C@H](C6)N5C(=O)CNC(=O)OC)[nH]c4c3)ccc12.CCC.CCC. The van der Waals surface area contributed by atoms with E-state index in [1.807, 2.05) is 42.2 Å². The fourth-order valence-corrected chi connectivity index (χ4v) is 8.65. The molecule has 4 amide bonds. The summed E-state index contributed by atoms with van der Waals surface area (Å²) in [4.78, 5) is 61.8. The molecule has 0 radical (unpaired) electrons. The second-order valence-corrected chi connectivity index (χ2v) is 17.4. The number of furan rings is 1. The third-order valence-corrected chi connectivity index (χ3v) is 11.9. The number of carbonyl (C=O) groups is 4. The van der Waals surface area contributed by atoms with E-state index in [0.717, 1.165) is 93.3 Å². The highest BCUT2D eigenvalue weighted by Crippen LogP contribution is 2.50. The van der Waals surface area contributed by atoms with Gasteiger partial charge in [-0.1, -0.05) is 78.3 Å². The summed E-state index contributed by atoms with van der Waals surface area (Å²) in [6.45, 7) is 17.4. The number of nitrogens with one attached hydrogen (secondary N) is 4. The van der Waals surface area contributed by atoms with Crippen molar-refractivity contribution in [2.45, 2.75) is 98.6 Å². The minimum Gasteiger partial charge on any atom is -0.456 e. The van der Waals surface area contributed by atoms with Crippen molar-refractivity contribution < 1.29 is 33.1 Å². The van der Waals surface area contributed by atoms with Gasteiger partial charge in [0.05, 0.1) is 37.8 Å². The van der Waals surface area contributed by atoms with Crippen LogP contribution in [0.4, 0.5) is 9.59 Å². The normalized spacial score (nSPS) is 17.1. The standard InChI is InChI=1S/C44H49N7O7.2C3H8.2C2H2/c1-6-33(47-25(2)23-50(24-44(3)15-16-44)38(52)21-45-42(54)56-4)28-9-13-32-31-12-8-27(19-36(31)58-37(32)20-28)26-10-14-34-35(18-26)49-41(48-34)40-29-7-11-30(17-29)51(40)39(53)22-46-43(55)57-5;2*1-3-2;2*1-2/h6,8-10,12-14,18-20,29-30,40,47H,2,7,11,15-17,21-24H2,1,3-5H3,(H,45,54)(H,46,55)(H,48,49);2*3H2,1-2H3;2*1-2H/b33-6-;;;;/t29-,30+,40-;;;;/m0..../s1. The summed E-state index contributed by atoms with van der Waals surface area (Å²) in [6.07, 6.45) is 24.2. The molecule has 2 aromatic heterocycles. The molecular formula is C54H69N7O7. The van der Waals surface area contributed by atoms with Crippen molar-refractivity contribution in [1.29, 1.82) is 0 Å². The van der Waals surface area contributed by atoms with Gasteiger partial charge in [-0.3, -0.25) is 9.59 Å². The van der Waals surface area contributed by atoms with E-state index in [4.69, 9.17) is 9.40 Å². The summed E-state index contributed by atoms with van der Waals surface area (Å²) in [6, 6.07) is 18.4. The van der Waals surface area contributed by atoms with Gasteiger partial charge >= 0.3 is 12.2 Å². The fraction of sp³-hybridized carbons (Fsp3) is 0.426. The van der Waals surface area contributed by atoms with Crippen LogP contribution < -0.4 is 16.0 Å². The van der Waals surface area contributed by atoms with Gasteiger partial charge in [0.1, 0.15) is 30.1 Å². The number of likely N-dealkylation sites (tertiary alicyclic amines) is 1. The molecule has 4 N–H and O–H groups in total. The van der Waals surface area contributed by atoms with Crippen LogP contribution in [0, 0.1) is 37.0 Å². The number of aromatic amines is 1. The average molecular weight is 928 g/mol. The zero-order valence-electron chi connectivity index (χ0n) is 41.0. The number of carbonyl (C=O) groups excluding carboxylic acids is 4. The first kappa shape index (κ1) is 53.4. The first-order valence-corrected chi connectivity index (χ1v) is 23.3. The smallest absolute Gasteiger partial charge is 0.407 e. The highest BCUT2D eigenvalue weighted by molar-refractivity contribution is 6.06. The van der Waals surface area contributed by atoms with E-state index < -0.39 is 12.2 Å². The Morgan fingerprint density at radius 2 is 1.47 bits per heavy atom. The van der Waals surface area contributed by atoms with Crippen molar-refractivity contribution >= 4 is 62.7 Å². The number of piperidine rings is 1. The van der Waals surface area contributed by atoms with Gasteiger partial charge in [-0.2, -0.15) is 0 Å². The molecule has 5 aromatic rings. The molecule has 1 saturated heterocycles. The Morgan fingerprint density at radius 3 is 2.09 bits per heavy atom. The lowest BCUT2D eigenvalue weighted by atomic mass is 9.98. The molecule has 14 heteroatoms. The summed E-state index contributed by atoms with van der Waals surface area (Å²) >= 11 is 0. The van der Waals surface area contributed by atoms with Crippen molar-refractivity contribution in [2.24, 2.45) is 11.3 Å². The number of fused-ring (bicyclic) bond motifs is 6. The van der Waals surface area contributed by atoms with E-state index in [9.17, 15) is 19.2 Å². The lowest BCUT2D eigenvalue weighted by molar-refractivity contribution is -0.135. The monoisotopic (exact) mass is 928 g/mol. The van der Waals surface area contributed by atoms with Gasteiger partial charge in [0, 0.05) is 40.3 Å². The van der Waals surface area contributed by atoms with Crippen molar-refractivity contribution in [1.82, 2.24) is 35.7 Å². The molecule has 14 nitrogen and oxygen atoms in total. The predicted octanol–water partition coefficient (Wildman–Crippen LogP) is 10.3. The number of methoxy groups -OCH3 is 2. The van der Waals surface area contributed by atoms with E-state index in [1.165, 1.54) is 27.1 Å². The number of terminal acetylenes is 2. The zero-order valence-corrected chi connectivity index (χ0v) is 41.0. The molecule has 0 unspecified atom stereocenters. The summed E-state index contributed by atoms with van der Waals surface area (Å²) in [5, 5.41) is 10.4. The Labute approximate surface area is 401 Å². The van der Waals surface area contributed by atoms with E-state index in [0.29, 0.717) is 18.2 Å². The molecule has 2 bridgehead atoms. The number of amides is 4. The van der Waals surface area contributed by atoms with E-state index >= 15 is 0 Å². The van der Waals surface area contributed by atoms with Gasteiger partial charge in [-0.15, -0.1) is 25.7 Å². The van der Waals surface area contributed by atoms with Crippen molar-refractivity contribution in [3.8, 4) is 36.8 Å². The molecule has 3 fully saturated rings. The summed E-state index contributed by atoms with van der Waals surface area (Å²) in [7, 11) is 2.55. The minimum atomic E-state index is -0.649. The van der Waals surface area contributed by atoms with Crippen LogP contribution in [-0.2, 0) is 19.1 Å². The second kappa shape index (κ2) is 25.1. The number of nitrogens with zero attached hydrogens (tertiary/aromatic N) is 3. The van der Waals surface area contributed by atoms with Gasteiger partial charge in [-0.25, -0.2) is 14.6 Å². The van der Waals surface area contributed by atoms with Crippen molar-refractivity contribution in [3.05, 3.63) is 84.3 Å². The van der Waals surface area contributed by atoms with Crippen LogP contribution in [0.3, 0.4) is 0 Å². The number of ether oxygens (including phenoxy) is 2. The number of aromatic nitrogens is 2. The number of hydrogen-bond donors (Lipinski definition) is 4. The zero-order chi connectivity index (χ0) is 50.1. The van der Waals surface area contributed by atoms with Crippen molar-refractivity contribution in [3.63, 3.8) is 0 Å². The first-order chi connectivity index (χ1) is 32.8. The maximum Gasteiger partial charge on any atom is 0.407 e. The van der Waals surface area contributed by atoms with Crippen molar-refractivity contribution in [2.75, 3.05) is 40.4 Å². The van der Waals surface area contributed by atoms with Crippen LogP contribution in [0.5, 0.6) is 0 Å². The first-order valence-electron chi connectivity index (χ1n) is 23.3. The lowest BCUT2D eigenvalue weighted by Crippen LogP contribution is -2.45. The number of hydrogen-bond acceptors (Lipinski definition) is 9. The number of rotatable bonds is 13. The van der Waals surface area contributed by atoms with Crippen LogP contribution >= 0.6 is 0 Å². The molecule has 362 valence electrons. The van der Waals surface area contributed by atoms with Crippen LogP contribution in [0.1, 0.15) is 104 Å². The quantitative estimate of drug-likeness (QED) is 0.0839. The van der Waals surface area contributed by atoms with Gasteiger partial charge in [0.15, 0.2) is 0 Å². The molecule has 3 atom stereocenters. The largest absolute Gasteiger partial charge is 0.456 e. The third-order valence-electron chi connectivity index (χ3n) is 11.9. The molecule has 0 spiro atoms. The number of alkyl carbamates (subject to hydrolysis) is 2. The van der Waals surface area contributed by atoms with Gasteiger partial charge < -0.3 is 44.6 Å². The van der Waals surface area contributed by atoms with E-state index in [1.54, 1.807) is 4.90 Å². The molecule has 3 heterocycles. The third kappa shape index (κ3) is 13.0. The molecule has 68 heavy (non-hydrogen) atoms. The Kier molecular flexibility index (Phi) is 19.7.